The maximum Gasteiger partial charge on any atom is 0.337 e. The van der Waals surface area contributed by atoms with E-state index >= 15 is 0 Å². The first-order chi connectivity index (χ1) is 9.60. The van der Waals surface area contributed by atoms with Crippen LogP contribution in [0.3, 0.4) is 0 Å². The van der Waals surface area contributed by atoms with Crippen molar-refractivity contribution in [2.24, 2.45) is 0 Å². The van der Waals surface area contributed by atoms with Crippen molar-refractivity contribution < 1.29 is 13.9 Å². The molecule has 3 heteroatoms. The maximum absolute atomic E-state index is 14.1. The van der Waals surface area contributed by atoms with E-state index in [1.54, 1.807) is 36.4 Å². The Morgan fingerprint density at radius 1 is 1.10 bits per heavy atom. The first-order valence-electron chi connectivity index (χ1n) is 6.23. The molecule has 0 amide bonds. The van der Waals surface area contributed by atoms with Gasteiger partial charge in [0, 0.05) is 5.56 Å². The zero-order valence-electron chi connectivity index (χ0n) is 11.4. The number of halogens is 1. The monoisotopic (exact) mass is 270 g/mol. The predicted octanol–water partition coefficient (Wildman–Crippen LogP) is 4.25. The van der Waals surface area contributed by atoms with Crippen molar-refractivity contribution in [2.75, 3.05) is 7.11 Å². The maximum atomic E-state index is 14.1. The molecule has 0 aliphatic carbocycles. The molecule has 0 heterocycles. The van der Waals surface area contributed by atoms with Crippen molar-refractivity contribution >= 4 is 17.9 Å². The number of ether oxygens (including phenoxy) is 1. The lowest BCUT2D eigenvalue weighted by Gasteiger charge is -2.02. The number of carbonyl (C=O) groups is 1. The Kier molecular flexibility index (Phi) is 4.31. The van der Waals surface area contributed by atoms with Crippen LogP contribution < -0.4 is 0 Å². The lowest BCUT2D eigenvalue weighted by Crippen LogP contribution is -2.00. The van der Waals surface area contributed by atoms with Crippen LogP contribution in [0.1, 0.15) is 27.0 Å². The number of aryl methyl sites for hydroxylation is 1. The normalized spacial score (nSPS) is 11.2. The Labute approximate surface area is 117 Å². The Balaban J connectivity index is 2.24. The highest BCUT2D eigenvalue weighted by Gasteiger charge is 2.05. The summed E-state index contributed by atoms with van der Waals surface area (Å²) in [5, 5.41) is 0. The minimum absolute atomic E-state index is 0.306. The van der Waals surface area contributed by atoms with Gasteiger partial charge in [0.2, 0.25) is 0 Å². The summed E-state index contributed by atoms with van der Waals surface area (Å²) in [6.07, 6.45) is 1.44. The summed E-state index contributed by atoms with van der Waals surface area (Å²) < 4.78 is 18.7. The number of carbonyl (C=O) groups excluding carboxylic acids is 1. The summed E-state index contributed by atoms with van der Waals surface area (Å²) in [6, 6.07) is 13.8. The molecule has 0 unspecified atom stereocenters. The first-order valence-corrected chi connectivity index (χ1v) is 6.23. The first kappa shape index (κ1) is 14.0. The average Bonchev–Trinajstić information content (AvgIpc) is 2.47. The van der Waals surface area contributed by atoms with Crippen molar-refractivity contribution in [1.82, 2.24) is 0 Å². The molecule has 0 atom stereocenters. The van der Waals surface area contributed by atoms with Crippen LogP contribution in [0, 0.1) is 6.92 Å². The zero-order chi connectivity index (χ0) is 14.5. The molecule has 0 aromatic heterocycles. The summed E-state index contributed by atoms with van der Waals surface area (Å²) in [4.78, 5) is 11.3. The molecule has 102 valence electrons. The molecule has 0 bridgehead atoms. The predicted molar refractivity (Wildman–Crippen MR) is 77.9 cm³/mol. The quantitative estimate of drug-likeness (QED) is 0.615. The highest BCUT2D eigenvalue weighted by molar-refractivity contribution is 5.89. The van der Waals surface area contributed by atoms with Gasteiger partial charge in [-0.1, -0.05) is 35.9 Å². The highest BCUT2D eigenvalue weighted by atomic mass is 19.1. The SMILES string of the molecule is COC(=O)c1ccc(/C=C(\F)c2cccc(C)c2)cc1. The van der Waals surface area contributed by atoms with Gasteiger partial charge in [-0.25, -0.2) is 9.18 Å². The highest BCUT2D eigenvalue weighted by Crippen LogP contribution is 2.20. The lowest BCUT2D eigenvalue weighted by molar-refractivity contribution is 0.0601. The van der Waals surface area contributed by atoms with Crippen molar-refractivity contribution in [3.8, 4) is 0 Å². The van der Waals surface area contributed by atoms with Crippen molar-refractivity contribution in [1.29, 1.82) is 0 Å². The van der Waals surface area contributed by atoms with Crippen LogP contribution in [-0.2, 0) is 4.74 Å². The Bertz CT molecular complexity index is 642. The molecular formula is C17H15FO2. The molecular weight excluding hydrogens is 255 g/mol. The molecule has 0 fully saturated rings. The lowest BCUT2D eigenvalue weighted by atomic mass is 10.1. The van der Waals surface area contributed by atoms with E-state index in [4.69, 9.17) is 0 Å². The second-order valence-corrected chi connectivity index (χ2v) is 4.48. The third kappa shape index (κ3) is 3.32. The third-order valence-electron chi connectivity index (χ3n) is 2.92. The van der Waals surface area contributed by atoms with Gasteiger partial charge >= 0.3 is 5.97 Å². The van der Waals surface area contributed by atoms with E-state index in [0.29, 0.717) is 16.7 Å². The largest absolute Gasteiger partial charge is 0.465 e. The van der Waals surface area contributed by atoms with Crippen molar-refractivity contribution in [3.63, 3.8) is 0 Å². The summed E-state index contributed by atoms with van der Waals surface area (Å²) >= 11 is 0. The molecule has 2 nitrogen and oxygen atoms in total. The molecule has 0 spiro atoms. The van der Waals surface area contributed by atoms with Crippen LogP contribution in [0.25, 0.3) is 11.9 Å². The van der Waals surface area contributed by atoms with Gasteiger partial charge in [-0.2, -0.15) is 0 Å². The summed E-state index contributed by atoms with van der Waals surface area (Å²) in [7, 11) is 1.33. The van der Waals surface area contributed by atoms with Gasteiger partial charge in [0.25, 0.3) is 0 Å². The van der Waals surface area contributed by atoms with E-state index < -0.39 is 5.97 Å². The number of benzene rings is 2. The molecule has 0 aliphatic heterocycles. The van der Waals surface area contributed by atoms with Gasteiger partial charge in [0.05, 0.1) is 12.7 Å². The Hall–Kier alpha value is -2.42. The second kappa shape index (κ2) is 6.15. The summed E-state index contributed by atoms with van der Waals surface area (Å²) in [5.41, 5.74) is 2.69. The van der Waals surface area contributed by atoms with E-state index in [0.717, 1.165) is 5.56 Å². The topological polar surface area (TPSA) is 26.3 Å². The van der Waals surface area contributed by atoms with Crippen LogP contribution in [0.4, 0.5) is 4.39 Å². The summed E-state index contributed by atoms with van der Waals surface area (Å²) in [6.45, 7) is 1.92. The number of hydrogen-bond donors (Lipinski definition) is 0. The average molecular weight is 270 g/mol. The minimum atomic E-state index is -0.403. The smallest absolute Gasteiger partial charge is 0.337 e. The van der Waals surface area contributed by atoms with E-state index in [1.807, 2.05) is 19.1 Å². The van der Waals surface area contributed by atoms with Crippen molar-refractivity contribution in [2.45, 2.75) is 6.92 Å². The molecule has 0 saturated heterocycles. The molecule has 2 aromatic rings. The van der Waals surface area contributed by atoms with Gasteiger partial charge in [-0.05, 0) is 36.8 Å². The van der Waals surface area contributed by atoms with Gasteiger partial charge < -0.3 is 4.74 Å². The fourth-order valence-corrected chi connectivity index (χ4v) is 1.86. The number of methoxy groups -OCH3 is 1. The Morgan fingerprint density at radius 3 is 2.40 bits per heavy atom. The minimum Gasteiger partial charge on any atom is -0.465 e. The van der Waals surface area contributed by atoms with Gasteiger partial charge in [0.1, 0.15) is 5.83 Å². The second-order valence-electron chi connectivity index (χ2n) is 4.48. The standard InChI is InChI=1S/C17H15FO2/c1-12-4-3-5-15(10-12)16(18)11-13-6-8-14(9-7-13)17(19)20-2/h3-11H,1-2H3/b16-11-. The third-order valence-corrected chi connectivity index (χ3v) is 2.92. The van der Waals surface area contributed by atoms with E-state index in [2.05, 4.69) is 4.74 Å². The van der Waals surface area contributed by atoms with Crippen LogP contribution in [0.2, 0.25) is 0 Å². The van der Waals surface area contributed by atoms with Crippen molar-refractivity contribution in [3.05, 3.63) is 70.8 Å². The van der Waals surface area contributed by atoms with Crippen LogP contribution in [0.15, 0.2) is 48.5 Å². The van der Waals surface area contributed by atoms with Gasteiger partial charge in [0.15, 0.2) is 0 Å². The van der Waals surface area contributed by atoms with Crippen LogP contribution in [0.5, 0.6) is 0 Å². The van der Waals surface area contributed by atoms with E-state index in [9.17, 15) is 9.18 Å². The molecule has 20 heavy (non-hydrogen) atoms. The van der Waals surface area contributed by atoms with Crippen LogP contribution in [-0.4, -0.2) is 13.1 Å². The molecule has 0 N–H and O–H groups in total. The van der Waals surface area contributed by atoms with Crippen LogP contribution >= 0.6 is 0 Å². The molecule has 0 aliphatic rings. The van der Waals surface area contributed by atoms with E-state index in [-0.39, 0.29) is 5.83 Å². The zero-order valence-corrected chi connectivity index (χ0v) is 11.4. The number of esters is 1. The molecule has 0 radical (unpaired) electrons. The number of rotatable bonds is 3. The van der Waals surface area contributed by atoms with Gasteiger partial charge in [-0.3, -0.25) is 0 Å². The molecule has 2 aromatic carbocycles. The molecule has 0 saturated carbocycles. The Morgan fingerprint density at radius 2 is 1.80 bits per heavy atom. The van der Waals surface area contributed by atoms with E-state index in [1.165, 1.54) is 13.2 Å². The fourth-order valence-electron chi connectivity index (χ4n) is 1.86. The fraction of sp³-hybridized carbons (Fsp3) is 0.118. The number of hydrogen-bond acceptors (Lipinski definition) is 2. The summed E-state index contributed by atoms with van der Waals surface area (Å²) in [5.74, 6) is -0.709. The molecule has 2 rings (SSSR count). The van der Waals surface area contributed by atoms with Gasteiger partial charge in [-0.15, -0.1) is 0 Å².